The molecule has 108 valence electrons. The number of ketones is 1. The van der Waals surface area contributed by atoms with E-state index in [1.807, 2.05) is 0 Å². The summed E-state index contributed by atoms with van der Waals surface area (Å²) in [5.41, 5.74) is 0.299. The summed E-state index contributed by atoms with van der Waals surface area (Å²) in [6.45, 7) is -0.168. The molecule has 0 N–H and O–H groups in total. The van der Waals surface area contributed by atoms with Crippen LogP contribution in [0.4, 0.5) is 5.69 Å². The van der Waals surface area contributed by atoms with Crippen molar-refractivity contribution in [1.82, 2.24) is 0 Å². The van der Waals surface area contributed by atoms with Crippen LogP contribution in [0.3, 0.4) is 0 Å². The summed E-state index contributed by atoms with van der Waals surface area (Å²) >= 11 is 0. The van der Waals surface area contributed by atoms with E-state index < -0.39 is 4.92 Å². The number of carbonyl (C=O) groups excluding carboxylic acids is 1. The minimum absolute atomic E-state index is 0.0582. The van der Waals surface area contributed by atoms with Crippen LogP contribution in [0.5, 0.6) is 11.5 Å². The second-order valence-electron chi connectivity index (χ2n) is 4.17. The van der Waals surface area contributed by atoms with Crippen LogP contribution < -0.4 is 9.47 Å². The third-order valence-corrected chi connectivity index (χ3v) is 2.83. The van der Waals surface area contributed by atoms with Crippen LogP contribution >= 0.6 is 0 Å². The summed E-state index contributed by atoms with van der Waals surface area (Å²) in [6, 6.07) is 12.4. The van der Waals surface area contributed by atoms with E-state index in [1.165, 1.54) is 31.4 Å². The molecule has 0 unspecified atom stereocenters. The molecule has 0 heterocycles. The molecule has 21 heavy (non-hydrogen) atoms. The molecule has 0 bridgehead atoms. The minimum atomic E-state index is -0.514. The molecular formula is C15H13NO5. The summed E-state index contributed by atoms with van der Waals surface area (Å²) in [4.78, 5) is 22.0. The Kier molecular flexibility index (Phi) is 4.50. The SMILES string of the molecule is COc1ccccc1OCC(=O)c1ccc([N+](=O)[O-])cc1. The van der Waals surface area contributed by atoms with Crippen molar-refractivity contribution in [2.45, 2.75) is 0 Å². The molecule has 0 amide bonds. The molecule has 0 fully saturated rings. The molecule has 0 aliphatic heterocycles. The molecule has 2 rings (SSSR count). The highest BCUT2D eigenvalue weighted by atomic mass is 16.6. The normalized spacial score (nSPS) is 9.95. The minimum Gasteiger partial charge on any atom is -0.493 e. The highest BCUT2D eigenvalue weighted by Crippen LogP contribution is 2.25. The van der Waals surface area contributed by atoms with Gasteiger partial charge in [0.25, 0.3) is 5.69 Å². The molecule has 0 saturated carbocycles. The van der Waals surface area contributed by atoms with E-state index >= 15 is 0 Å². The lowest BCUT2D eigenvalue weighted by Crippen LogP contribution is -2.12. The number of ether oxygens (including phenoxy) is 2. The van der Waals surface area contributed by atoms with Gasteiger partial charge < -0.3 is 9.47 Å². The zero-order valence-corrected chi connectivity index (χ0v) is 11.3. The fourth-order valence-electron chi connectivity index (χ4n) is 1.73. The third kappa shape index (κ3) is 3.56. The number of methoxy groups -OCH3 is 1. The van der Waals surface area contributed by atoms with Crippen molar-refractivity contribution in [3.05, 3.63) is 64.2 Å². The number of non-ortho nitro benzene ring substituents is 1. The number of Topliss-reactive ketones (excluding diaryl/α,β-unsaturated/α-hetero) is 1. The molecule has 6 heteroatoms. The summed E-state index contributed by atoms with van der Waals surface area (Å²) in [7, 11) is 1.51. The second-order valence-corrected chi connectivity index (χ2v) is 4.17. The number of carbonyl (C=O) groups is 1. The van der Waals surface area contributed by atoms with Gasteiger partial charge in [-0.2, -0.15) is 0 Å². The van der Waals surface area contributed by atoms with Gasteiger partial charge in [-0.05, 0) is 24.3 Å². The molecule has 0 aromatic heterocycles. The summed E-state index contributed by atoms with van der Waals surface area (Å²) in [5, 5.41) is 10.5. The van der Waals surface area contributed by atoms with Gasteiger partial charge >= 0.3 is 0 Å². The van der Waals surface area contributed by atoms with Gasteiger partial charge in [-0.25, -0.2) is 0 Å². The largest absolute Gasteiger partial charge is 0.493 e. The molecule has 0 saturated heterocycles. The van der Waals surface area contributed by atoms with Crippen LogP contribution in [0.2, 0.25) is 0 Å². The number of benzene rings is 2. The Balaban J connectivity index is 2.03. The molecule has 0 radical (unpaired) electrons. The number of nitrogens with zero attached hydrogens (tertiary/aromatic N) is 1. The van der Waals surface area contributed by atoms with E-state index in [9.17, 15) is 14.9 Å². The van der Waals surface area contributed by atoms with Gasteiger partial charge in [-0.1, -0.05) is 12.1 Å². The van der Waals surface area contributed by atoms with E-state index in [-0.39, 0.29) is 18.1 Å². The molecule has 0 aliphatic rings. The van der Waals surface area contributed by atoms with E-state index in [1.54, 1.807) is 24.3 Å². The topological polar surface area (TPSA) is 78.7 Å². The van der Waals surface area contributed by atoms with Crippen LogP contribution in [0.1, 0.15) is 10.4 Å². The number of para-hydroxylation sites is 2. The van der Waals surface area contributed by atoms with E-state index in [4.69, 9.17) is 9.47 Å². The quantitative estimate of drug-likeness (QED) is 0.463. The maximum absolute atomic E-state index is 12.0. The van der Waals surface area contributed by atoms with E-state index in [0.717, 1.165) is 0 Å². The lowest BCUT2D eigenvalue weighted by molar-refractivity contribution is -0.384. The first-order chi connectivity index (χ1) is 10.1. The number of rotatable bonds is 6. The van der Waals surface area contributed by atoms with Crippen molar-refractivity contribution in [3.63, 3.8) is 0 Å². The fraction of sp³-hybridized carbons (Fsp3) is 0.133. The van der Waals surface area contributed by atoms with E-state index in [0.29, 0.717) is 17.1 Å². The zero-order chi connectivity index (χ0) is 15.2. The zero-order valence-electron chi connectivity index (χ0n) is 11.3. The fourth-order valence-corrected chi connectivity index (χ4v) is 1.73. The predicted molar refractivity (Wildman–Crippen MR) is 75.9 cm³/mol. The Bertz CT molecular complexity index is 651. The summed E-state index contributed by atoms with van der Waals surface area (Å²) in [5.74, 6) is 0.736. The van der Waals surface area contributed by atoms with Crippen LogP contribution in [0.25, 0.3) is 0 Å². The van der Waals surface area contributed by atoms with E-state index in [2.05, 4.69) is 0 Å². The molecule has 2 aromatic carbocycles. The first-order valence-corrected chi connectivity index (χ1v) is 6.15. The van der Waals surface area contributed by atoms with Gasteiger partial charge in [0.05, 0.1) is 12.0 Å². The van der Waals surface area contributed by atoms with Gasteiger partial charge in [-0.15, -0.1) is 0 Å². The number of nitro groups is 1. The molecular weight excluding hydrogens is 274 g/mol. The van der Waals surface area contributed by atoms with Gasteiger partial charge in [-0.3, -0.25) is 14.9 Å². The van der Waals surface area contributed by atoms with Crippen molar-refractivity contribution in [3.8, 4) is 11.5 Å². The van der Waals surface area contributed by atoms with Crippen LogP contribution in [-0.2, 0) is 0 Å². The van der Waals surface area contributed by atoms with Crippen molar-refractivity contribution in [2.75, 3.05) is 13.7 Å². The average Bonchev–Trinajstić information content (AvgIpc) is 2.52. The first-order valence-electron chi connectivity index (χ1n) is 6.15. The van der Waals surface area contributed by atoms with Crippen LogP contribution in [-0.4, -0.2) is 24.4 Å². The Morgan fingerprint density at radius 2 is 1.71 bits per heavy atom. The molecule has 6 nitrogen and oxygen atoms in total. The molecule has 2 aromatic rings. The molecule has 0 spiro atoms. The third-order valence-electron chi connectivity index (χ3n) is 2.83. The van der Waals surface area contributed by atoms with Gasteiger partial charge in [0, 0.05) is 17.7 Å². The van der Waals surface area contributed by atoms with Gasteiger partial charge in [0.1, 0.15) is 0 Å². The number of hydrogen-bond acceptors (Lipinski definition) is 5. The van der Waals surface area contributed by atoms with Gasteiger partial charge in [0.2, 0.25) is 0 Å². The number of nitro benzene ring substituents is 1. The van der Waals surface area contributed by atoms with Crippen LogP contribution in [0.15, 0.2) is 48.5 Å². The second kappa shape index (κ2) is 6.51. The Labute approximate surface area is 121 Å². The maximum Gasteiger partial charge on any atom is 0.269 e. The Morgan fingerprint density at radius 1 is 1.10 bits per heavy atom. The first kappa shape index (κ1) is 14.5. The standard InChI is InChI=1S/C15H13NO5/c1-20-14-4-2-3-5-15(14)21-10-13(17)11-6-8-12(9-7-11)16(18)19/h2-9H,10H2,1H3. The van der Waals surface area contributed by atoms with Crippen molar-refractivity contribution >= 4 is 11.5 Å². The number of hydrogen-bond donors (Lipinski definition) is 0. The van der Waals surface area contributed by atoms with Crippen molar-refractivity contribution < 1.29 is 19.2 Å². The molecule has 0 atom stereocenters. The molecule has 0 aliphatic carbocycles. The summed E-state index contributed by atoms with van der Waals surface area (Å²) in [6.07, 6.45) is 0. The lowest BCUT2D eigenvalue weighted by Gasteiger charge is -2.09. The lowest BCUT2D eigenvalue weighted by atomic mass is 10.1. The van der Waals surface area contributed by atoms with Crippen molar-refractivity contribution in [2.24, 2.45) is 0 Å². The van der Waals surface area contributed by atoms with Crippen LogP contribution in [0, 0.1) is 10.1 Å². The predicted octanol–water partition coefficient (Wildman–Crippen LogP) is 2.87. The summed E-state index contributed by atoms with van der Waals surface area (Å²) < 4.78 is 10.5. The van der Waals surface area contributed by atoms with Gasteiger partial charge in [0.15, 0.2) is 23.9 Å². The Hall–Kier alpha value is -2.89. The monoisotopic (exact) mass is 287 g/mol. The van der Waals surface area contributed by atoms with Crippen molar-refractivity contribution in [1.29, 1.82) is 0 Å². The smallest absolute Gasteiger partial charge is 0.269 e. The highest BCUT2D eigenvalue weighted by Gasteiger charge is 2.11. The average molecular weight is 287 g/mol. The maximum atomic E-state index is 12.0. The Morgan fingerprint density at radius 3 is 2.29 bits per heavy atom. The highest BCUT2D eigenvalue weighted by molar-refractivity contribution is 5.97.